The van der Waals surface area contributed by atoms with Crippen LogP contribution in [0.15, 0.2) is 29.2 Å². The molecular formula is C19H23NO4S. The lowest BCUT2D eigenvalue weighted by molar-refractivity contribution is 0.0525. The van der Waals surface area contributed by atoms with Crippen LogP contribution in [0.5, 0.6) is 5.75 Å². The number of methoxy groups -OCH3 is 1. The summed E-state index contributed by atoms with van der Waals surface area (Å²) < 4.78 is 10.2. The third kappa shape index (κ3) is 4.25. The van der Waals surface area contributed by atoms with Gasteiger partial charge < -0.3 is 14.5 Å². The van der Waals surface area contributed by atoms with E-state index in [0.717, 1.165) is 10.6 Å². The Morgan fingerprint density at radius 1 is 1.20 bits per heavy atom. The van der Waals surface area contributed by atoms with Crippen LogP contribution in [0, 0.1) is 13.8 Å². The van der Waals surface area contributed by atoms with Crippen molar-refractivity contribution in [2.24, 2.45) is 0 Å². The molecule has 1 N–H and O–H groups in total. The molecule has 0 saturated carbocycles. The number of H-pyrrole nitrogens is 1. The number of hydrogen-bond donors (Lipinski definition) is 1. The fraction of sp³-hybridized carbons (Fsp3) is 0.368. The van der Waals surface area contributed by atoms with Crippen LogP contribution in [0.2, 0.25) is 0 Å². The number of carbonyl (C=O) groups excluding carboxylic acids is 2. The summed E-state index contributed by atoms with van der Waals surface area (Å²) >= 11 is 1.47. The van der Waals surface area contributed by atoms with Crippen LogP contribution in [-0.2, 0) is 4.74 Å². The van der Waals surface area contributed by atoms with Gasteiger partial charge in [0.25, 0.3) is 0 Å². The molecule has 1 atom stereocenters. The van der Waals surface area contributed by atoms with Gasteiger partial charge in [-0.15, -0.1) is 11.8 Å². The number of carbonyl (C=O) groups is 2. The van der Waals surface area contributed by atoms with Gasteiger partial charge in [0, 0.05) is 10.6 Å². The molecule has 0 aliphatic rings. The van der Waals surface area contributed by atoms with Crippen LogP contribution in [0.1, 0.15) is 46.0 Å². The average molecular weight is 361 g/mol. The van der Waals surface area contributed by atoms with Gasteiger partial charge in [-0.2, -0.15) is 0 Å². The summed E-state index contributed by atoms with van der Waals surface area (Å²) in [4.78, 5) is 28.9. The molecule has 0 saturated heterocycles. The molecular weight excluding hydrogens is 338 g/mol. The molecule has 0 aliphatic carbocycles. The van der Waals surface area contributed by atoms with Gasteiger partial charge in [-0.25, -0.2) is 4.79 Å². The number of benzene rings is 1. The van der Waals surface area contributed by atoms with Crippen LogP contribution >= 0.6 is 11.8 Å². The molecule has 25 heavy (non-hydrogen) atoms. The summed E-state index contributed by atoms with van der Waals surface area (Å²) in [5, 5.41) is -0.291. The molecule has 2 aromatic rings. The second kappa shape index (κ2) is 8.25. The van der Waals surface area contributed by atoms with E-state index >= 15 is 0 Å². The van der Waals surface area contributed by atoms with Crippen LogP contribution in [-0.4, -0.2) is 35.7 Å². The molecule has 0 unspecified atom stereocenters. The number of ether oxygens (including phenoxy) is 2. The highest BCUT2D eigenvalue weighted by molar-refractivity contribution is 8.00. The lowest BCUT2D eigenvalue weighted by Crippen LogP contribution is -2.15. The molecule has 5 nitrogen and oxygen atoms in total. The van der Waals surface area contributed by atoms with Crippen molar-refractivity contribution in [3.8, 4) is 5.75 Å². The van der Waals surface area contributed by atoms with E-state index < -0.39 is 5.97 Å². The number of hydrogen-bond acceptors (Lipinski definition) is 5. The Hall–Kier alpha value is -2.21. The Morgan fingerprint density at radius 3 is 2.40 bits per heavy atom. The third-order valence-electron chi connectivity index (χ3n) is 3.90. The van der Waals surface area contributed by atoms with Crippen LogP contribution < -0.4 is 4.74 Å². The maximum atomic E-state index is 12.8. The van der Waals surface area contributed by atoms with E-state index in [0.29, 0.717) is 29.1 Å². The summed E-state index contributed by atoms with van der Waals surface area (Å²) in [6.45, 7) is 7.46. The summed E-state index contributed by atoms with van der Waals surface area (Å²) in [6.07, 6.45) is 0. The average Bonchev–Trinajstić information content (AvgIpc) is 2.89. The first-order valence-electron chi connectivity index (χ1n) is 8.10. The predicted molar refractivity (Wildman–Crippen MR) is 98.9 cm³/mol. The molecule has 0 spiro atoms. The molecule has 0 bridgehead atoms. The standard InChI is InChI=1S/C19H23NO4S/c1-6-24-19(22)16-11(2)17(20-12(16)3)18(21)13(4)25-15-9-7-14(23-5)8-10-15/h7-10,13,20H,6H2,1-5H3/t13-/m1/s1. The molecule has 134 valence electrons. The van der Waals surface area contributed by atoms with Gasteiger partial charge in [0.05, 0.1) is 30.2 Å². The number of aromatic nitrogens is 1. The molecule has 1 aromatic carbocycles. The van der Waals surface area contributed by atoms with Crippen LogP contribution in [0.3, 0.4) is 0 Å². The number of Topliss-reactive ketones (excluding diaryl/α,β-unsaturated/α-hetero) is 1. The summed E-state index contributed by atoms with van der Waals surface area (Å²) in [6, 6.07) is 7.57. The highest BCUT2D eigenvalue weighted by Crippen LogP contribution is 2.29. The maximum Gasteiger partial charge on any atom is 0.340 e. The monoisotopic (exact) mass is 361 g/mol. The fourth-order valence-electron chi connectivity index (χ4n) is 2.62. The van der Waals surface area contributed by atoms with Crippen molar-refractivity contribution < 1.29 is 19.1 Å². The molecule has 1 aromatic heterocycles. The number of nitrogens with one attached hydrogen (secondary N) is 1. The van der Waals surface area contributed by atoms with Crippen molar-refractivity contribution in [2.45, 2.75) is 37.8 Å². The first kappa shape index (κ1) is 19.1. The highest BCUT2D eigenvalue weighted by Gasteiger charge is 2.26. The Balaban J connectivity index is 2.18. The number of esters is 1. The molecule has 1 heterocycles. The summed E-state index contributed by atoms with van der Waals surface area (Å²) in [5.74, 6) is 0.332. The number of rotatable bonds is 7. The first-order valence-corrected chi connectivity index (χ1v) is 8.98. The first-order chi connectivity index (χ1) is 11.9. The minimum Gasteiger partial charge on any atom is -0.497 e. The zero-order valence-electron chi connectivity index (χ0n) is 15.1. The topological polar surface area (TPSA) is 68.4 Å². The molecule has 0 fully saturated rings. The predicted octanol–water partition coefficient (Wildman–Crippen LogP) is 4.18. The summed E-state index contributed by atoms with van der Waals surface area (Å²) in [5.41, 5.74) is 2.21. The number of thioether (sulfide) groups is 1. The largest absolute Gasteiger partial charge is 0.497 e. The third-order valence-corrected chi connectivity index (χ3v) is 5.02. The second-order valence-electron chi connectivity index (χ2n) is 5.65. The Labute approximate surface area is 152 Å². The summed E-state index contributed by atoms with van der Waals surface area (Å²) in [7, 11) is 1.62. The minimum absolute atomic E-state index is 0.0445. The highest BCUT2D eigenvalue weighted by atomic mass is 32.2. The van der Waals surface area contributed by atoms with Gasteiger partial charge in [0.2, 0.25) is 0 Å². The van der Waals surface area contributed by atoms with Crippen molar-refractivity contribution in [3.63, 3.8) is 0 Å². The molecule has 0 amide bonds. The SMILES string of the molecule is CCOC(=O)c1c(C)[nH]c(C(=O)[C@@H](C)Sc2ccc(OC)cc2)c1C. The van der Waals surface area contributed by atoms with Gasteiger partial charge in [-0.05, 0) is 57.5 Å². The second-order valence-corrected chi connectivity index (χ2v) is 7.06. The molecule has 0 aliphatic heterocycles. The van der Waals surface area contributed by atoms with Crippen molar-refractivity contribution in [1.82, 2.24) is 4.98 Å². The quantitative estimate of drug-likeness (QED) is 0.455. The van der Waals surface area contributed by atoms with Crippen molar-refractivity contribution >= 4 is 23.5 Å². The number of aryl methyl sites for hydroxylation is 1. The Kier molecular flexibility index (Phi) is 6.31. The van der Waals surface area contributed by atoms with Gasteiger partial charge in [-0.1, -0.05) is 0 Å². The van der Waals surface area contributed by atoms with E-state index in [9.17, 15) is 9.59 Å². The minimum atomic E-state index is -0.400. The Morgan fingerprint density at radius 2 is 1.84 bits per heavy atom. The van der Waals surface area contributed by atoms with Gasteiger partial charge in [0.1, 0.15) is 5.75 Å². The van der Waals surface area contributed by atoms with Crippen LogP contribution in [0.4, 0.5) is 0 Å². The van der Waals surface area contributed by atoms with E-state index in [4.69, 9.17) is 9.47 Å². The van der Waals surface area contributed by atoms with E-state index in [1.807, 2.05) is 31.2 Å². The molecule has 6 heteroatoms. The van der Waals surface area contributed by atoms with Crippen molar-refractivity contribution in [2.75, 3.05) is 13.7 Å². The lowest BCUT2D eigenvalue weighted by atomic mass is 10.1. The van der Waals surface area contributed by atoms with Gasteiger partial charge in [-0.3, -0.25) is 4.79 Å². The smallest absolute Gasteiger partial charge is 0.340 e. The van der Waals surface area contributed by atoms with Crippen LogP contribution in [0.25, 0.3) is 0 Å². The molecule has 0 radical (unpaired) electrons. The number of aromatic amines is 1. The maximum absolute atomic E-state index is 12.8. The zero-order valence-corrected chi connectivity index (χ0v) is 16.0. The van der Waals surface area contributed by atoms with E-state index in [1.54, 1.807) is 27.9 Å². The lowest BCUT2D eigenvalue weighted by Gasteiger charge is -2.11. The van der Waals surface area contributed by atoms with Crippen molar-refractivity contribution in [3.05, 3.63) is 46.8 Å². The van der Waals surface area contributed by atoms with Crippen molar-refractivity contribution in [1.29, 1.82) is 0 Å². The fourth-order valence-corrected chi connectivity index (χ4v) is 3.55. The van der Waals surface area contributed by atoms with E-state index in [1.165, 1.54) is 11.8 Å². The zero-order chi connectivity index (χ0) is 18.6. The van der Waals surface area contributed by atoms with E-state index in [2.05, 4.69) is 4.98 Å². The van der Waals surface area contributed by atoms with Gasteiger partial charge >= 0.3 is 5.97 Å². The van der Waals surface area contributed by atoms with E-state index in [-0.39, 0.29) is 11.0 Å². The Bertz CT molecular complexity index is 764. The van der Waals surface area contributed by atoms with Gasteiger partial charge in [0.15, 0.2) is 5.78 Å². The number of ketones is 1. The normalized spacial score (nSPS) is 11.9. The molecule has 2 rings (SSSR count).